The van der Waals surface area contributed by atoms with Crippen molar-refractivity contribution >= 4 is 47.4 Å². The number of carboxylic acids is 1. The van der Waals surface area contributed by atoms with Crippen molar-refractivity contribution in [2.45, 2.75) is 14.7 Å². The molecule has 0 radical (unpaired) electrons. The minimum absolute atomic E-state index is 0.00729. The Kier molecular flexibility index (Phi) is 5.78. The lowest BCUT2D eigenvalue weighted by Crippen LogP contribution is -2.22. The number of sulfone groups is 1. The second-order valence-corrected chi connectivity index (χ2v) is 10.5. The lowest BCUT2D eigenvalue weighted by molar-refractivity contribution is -0.255. The highest BCUT2D eigenvalue weighted by Gasteiger charge is 2.21. The summed E-state index contributed by atoms with van der Waals surface area (Å²) in [6.07, 6.45) is 0. The standard InChI is InChI=1S/C19H14BrNO6S2/c20-14-7-9-16(10-8-14)28(24,25)17-5-2-6-18(12-17)29(26,27)21-15-4-1-3-13(11-15)19(22)23/h1-12,21H,(H,22,23)/p-1. The maximum atomic E-state index is 12.8. The normalized spacial score (nSPS) is 11.8. The van der Waals surface area contributed by atoms with Crippen LogP contribution < -0.4 is 9.83 Å². The summed E-state index contributed by atoms with van der Waals surface area (Å²) in [7, 11) is -8.09. The monoisotopic (exact) mass is 494 g/mol. The molecule has 29 heavy (non-hydrogen) atoms. The molecule has 0 amide bonds. The van der Waals surface area contributed by atoms with Gasteiger partial charge in [0.25, 0.3) is 10.0 Å². The summed E-state index contributed by atoms with van der Waals surface area (Å²) in [5, 5.41) is 10.9. The topological polar surface area (TPSA) is 120 Å². The van der Waals surface area contributed by atoms with Gasteiger partial charge in [-0.05, 0) is 60.2 Å². The molecule has 0 unspecified atom stereocenters. The van der Waals surface area contributed by atoms with Gasteiger partial charge in [0.15, 0.2) is 0 Å². The molecular formula is C19H13BrNO6S2-. The first kappa shape index (κ1) is 21.0. The molecule has 0 aliphatic rings. The number of sulfonamides is 1. The zero-order chi connectivity index (χ0) is 21.2. The first-order chi connectivity index (χ1) is 13.6. The van der Waals surface area contributed by atoms with Crippen LogP contribution in [0.2, 0.25) is 0 Å². The summed E-state index contributed by atoms with van der Waals surface area (Å²) in [5.74, 6) is -1.45. The van der Waals surface area contributed by atoms with Crippen LogP contribution in [0.3, 0.4) is 0 Å². The van der Waals surface area contributed by atoms with Crippen molar-refractivity contribution < 1.29 is 26.7 Å². The average molecular weight is 495 g/mol. The zero-order valence-electron chi connectivity index (χ0n) is 14.6. The van der Waals surface area contributed by atoms with Gasteiger partial charge in [-0.3, -0.25) is 4.72 Å². The number of anilines is 1. The predicted molar refractivity (Wildman–Crippen MR) is 108 cm³/mol. The van der Waals surface area contributed by atoms with E-state index < -0.39 is 25.8 Å². The number of benzene rings is 3. The third kappa shape index (κ3) is 4.66. The van der Waals surface area contributed by atoms with Gasteiger partial charge in [0.1, 0.15) is 0 Å². The highest BCUT2D eigenvalue weighted by atomic mass is 79.9. The zero-order valence-corrected chi connectivity index (χ0v) is 17.8. The molecule has 0 atom stereocenters. The van der Waals surface area contributed by atoms with Crippen LogP contribution in [0.25, 0.3) is 0 Å². The fourth-order valence-corrected chi connectivity index (χ4v) is 5.22. The Hall–Kier alpha value is -2.69. The van der Waals surface area contributed by atoms with Gasteiger partial charge in [-0.1, -0.05) is 34.1 Å². The third-order valence-corrected chi connectivity index (χ3v) is 7.58. The maximum Gasteiger partial charge on any atom is 0.261 e. The Balaban J connectivity index is 1.97. The van der Waals surface area contributed by atoms with E-state index >= 15 is 0 Å². The summed E-state index contributed by atoms with van der Waals surface area (Å²) in [6.45, 7) is 0. The molecule has 0 saturated heterocycles. The number of carbonyl (C=O) groups excluding carboxylic acids is 1. The van der Waals surface area contributed by atoms with Crippen molar-refractivity contribution in [1.29, 1.82) is 0 Å². The minimum Gasteiger partial charge on any atom is -0.545 e. The number of halogens is 1. The molecule has 10 heteroatoms. The van der Waals surface area contributed by atoms with Gasteiger partial charge in [0.2, 0.25) is 9.84 Å². The van der Waals surface area contributed by atoms with Crippen molar-refractivity contribution in [2.24, 2.45) is 0 Å². The van der Waals surface area contributed by atoms with Crippen LogP contribution in [0.5, 0.6) is 0 Å². The van der Waals surface area contributed by atoms with Crippen molar-refractivity contribution in [1.82, 2.24) is 0 Å². The second kappa shape index (κ2) is 7.97. The van der Waals surface area contributed by atoms with Crippen molar-refractivity contribution in [3.63, 3.8) is 0 Å². The largest absolute Gasteiger partial charge is 0.545 e. The fraction of sp³-hybridized carbons (Fsp3) is 0. The van der Waals surface area contributed by atoms with E-state index in [9.17, 15) is 26.7 Å². The molecule has 0 saturated carbocycles. The molecule has 150 valence electrons. The van der Waals surface area contributed by atoms with E-state index in [1.54, 1.807) is 12.1 Å². The summed E-state index contributed by atoms with van der Waals surface area (Å²) >= 11 is 3.23. The molecule has 0 spiro atoms. The number of rotatable bonds is 6. The number of nitrogens with one attached hydrogen (secondary N) is 1. The van der Waals surface area contributed by atoms with Crippen molar-refractivity contribution in [3.8, 4) is 0 Å². The predicted octanol–water partition coefficient (Wildman–Crippen LogP) is 2.45. The lowest BCUT2D eigenvalue weighted by atomic mass is 10.2. The Labute approximate surface area is 176 Å². The van der Waals surface area contributed by atoms with Crippen LogP contribution in [0, 0.1) is 0 Å². The van der Waals surface area contributed by atoms with Crippen LogP contribution in [-0.4, -0.2) is 22.8 Å². The minimum atomic E-state index is -4.16. The van der Waals surface area contributed by atoms with Gasteiger partial charge in [0.05, 0.1) is 20.7 Å². The molecule has 0 bridgehead atoms. The summed E-state index contributed by atoms with van der Waals surface area (Å²) in [6, 6.07) is 15.9. The van der Waals surface area contributed by atoms with E-state index in [0.29, 0.717) is 4.47 Å². The number of carbonyl (C=O) groups is 1. The Morgan fingerprint density at radius 2 is 1.41 bits per heavy atom. The SMILES string of the molecule is O=C([O-])c1cccc(NS(=O)(=O)c2cccc(S(=O)(=O)c3ccc(Br)cc3)c2)c1. The molecule has 0 aliphatic carbocycles. The molecule has 0 heterocycles. The van der Waals surface area contributed by atoms with E-state index in [1.165, 1.54) is 48.5 Å². The number of hydrogen-bond donors (Lipinski definition) is 1. The first-order valence-electron chi connectivity index (χ1n) is 8.04. The Bertz CT molecular complexity index is 1290. The highest BCUT2D eigenvalue weighted by Crippen LogP contribution is 2.25. The molecule has 0 fully saturated rings. The molecule has 0 aliphatic heterocycles. The summed E-state index contributed by atoms with van der Waals surface area (Å²) < 4.78 is 53.9. The van der Waals surface area contributed by atoms with E-state index in [0.717, 1.165) is 12.1 Å². The number of hydrogen-bond acceptors (Lipinski definition) is 6. The Morgan fingerprint density at radius 3 is 2.07 bits per heavy atom. The molecule has 3 aromatic carbocycles. The number of carboxylic acid groups (broad SMARTS) is 1. The van der Waals surface area contributed by atoms with E-state index in [2.05, 4.69) is 20.7 Å². The molecule has 1 N–H and O–H groups in total. The lowest BCUT2D eigenvalue weighted by Gasteiger charge is -2.11. The van der Waals surface area contributed by atoms with Crippen molar-refractivity contribution in [2.75, 3.05) is 4.72 Å². The second-order valence-electron chi connectivity index (χ2n) is 5.91. The molecule has 3 rings (SSSR count). The molecule has 7 nitrogen and oxygen atoms in total. The van der Waals surface area contributed by atoms with Crippen LogP contribution in [0.1, 0.15) is 10.4 Å². The van der Waals surface area contributed by atoms with Gasteiger partial charge < -0.3 is 9.90 Å². The van der Waals surface area contributed by atoms with Gasteiger partial charge in [-0.2, -0.15) is 0 Å². The van der Waals surface area contributed by atoms with Crippen LogP contribution in [0.15, 0.2) is 92.0 Å². The smallest absolute Gasteiger partial charge is 0.261 e. The van der Waals surface area contributed by atoms with Gasteiger partial charge in [0, 0.05) is 10.2 Å². The van der Waals surface area contributed by atoms with Gasteiger partial charge >= 0.3 is 0 Å². The number of aromatic carboxylic acids is 1. The average Bonchev–Trinajstić information content (AvgIpc) is 2.68. The van der Waals surface area contributed by atoms with Crippen LogP contribution >= 0.6 is 15.9 Å². The van der Waals surface area contributed by atoms with E-state index in [4.69, 9.17) is 0 Å². The van der Waals surface area contributed by atoms with E-state index in [-0.39, 0.29) is 25.9 Å². The quantitative estimate of drug-likeness (QED) is 0.561. The molecule has 3 aromatic rings. The van der Waals surface area contributed by atoms with Gasteiger partial charge in [-0.15, -0.1) is 0 Å². The summed E-state index contributed by atoms with van der Waals surface area (Å²) in [5.41, 5.74) is -0.190. The van der Waals surface area contributed by atoms with E-state index in [1.807, 2.05) is 0 Å². The molecule has 0 aromatic heterocycles. The first-order valence-corrected chi connectivity index (χ1v) is 11.8. The fourth-order valence-electron chi connectivity index (χ4n) is 2.48. The molecular weight excluding hydrogens is 482 g/mol. The third-order valence-electron chi connectivity index (χ3n) is 3.90. The highest BCUT2D eigenvalue weighted by molar-refractivity contribution is 9.10. The van der Waals surface area contributed by atoms with Gasteiger partial charge in [-0.25, -0.2) is 16.8 Å². The maximum absolute atomic E-state index is 12.8. The van der Waals surface area contributed by atoms with Crippen molar-refractivity contribution in [3.05, 3.63) is 82.8 Å². The Morgan fingerprint density at radius 1 is 0.793 bits per heavy atom. The van der Waals surface area contributed by atoms with Crippen LogP contribution in [-0.2, 0) is 19.9 Å². The summed E-state index contributed by atoms with van der Waals surface area (Å²) in [4.78, 5) is 10.5. The van der Waals surface area contributed by atoms with Crippen LogP contribution in [0.4, 0.5) is 5.69 Å².